The third-order valence-electron chi connectivity index (χ3n) is 2.41. The molecule has 1 N–H and O–H groups in total. The highest BCUT2D eigenvalue weighted by atomic mass is 16.5. The van der Waals surface area contributed by atoms with E-state index in [0.29, 0.717) is 5.76 Å². The maximum atomic E-state index is 9.69. The van der Waals surface area contributed by atoms with Crippen LogP contribution in [-0.4, -0.2) is 18.8 Å². The molecule has 1 atom stereocenters. The van der Waals surface area contributed by atoms with Gasteiger partial charge in [-0.3, -0.25) is 0 Å². The average Bonchev–Trinajstić information content (AvgIpc) is 2.63. The topological polar surface area (TPSA) is 42.6 Å². The molecule has 0 spiro atoms. The number of furan rings is 1. The zero-order valence-electron chi connectivity index (χ0n) is 8.86. The number of para-hydroxylation sites is 1. The Morgan fingerprint density at radius 2 is 2.27 bits per heavy atom. The molecule has 15 heavy (non-hydrogen) atoms. The van der Waals surface area contributed by atoms with E-state index >= 15 is 0 Å². The summed E-state index contributed by atoms with van der Waals surface area (Å²) in [6.07, 6.45) is -0.693. The molecule has 3 nitrogen and oxygen atoms in total. The number of rotatable bonds is 3. The SMILES string of the molecule is COCC(O)c1cc2cccc(C)c2o1. The van der Waals surface area contributed by atoms with Crippen LogP contribution in [0.2, 0.25) is 0 Å². The fourth-order valence-electron chi connectivity index (χ4n) is 1.63. The second-order valence-corrected chi connectivity index (χ2v) is 3.61. The molecule has 80 valence electrons. The van der Waals surface area contributed by atoms with Crippen LogP contribution in [0.1, 0.15) is 17.4 Å². The summed E-state index contributed by atoms with van der Waals surface area (Å²) in [6.45, 7) is 2.23. The Bertz CT molecular complexity index is 459. The van der Waals surface area contributed by atoms with Crippen molar-refractivity contribution >= 4 is 11.0 Å². The summed E-state index contributed by atoms with van der Waals surface area (Å²) < 4.78 is 10.5. The zero-order chi connectivity index (χ0) is 10.8. The van der Waals surface area contributed by atoms with Gasteiger partial charge >= 0.3 is 0 Å². The molecule has 0 bridgehead atoms. The summed E-state index contributed by atoms with van der Waals surface area (Å²) in [5, 5.41) is 10.7. The van der Waals surface area contributed by atoms with Crippen LogP contribution in [0.3, 0.4) is 0 Å². The van der Waals surface area contributed by atoms with E-state index in [9.17, 15) is 5.11 Å². The lowest BCUT2D eigenvalue weighted by atomic mass is 10.2. The molecule has 2 rings (SSSR count). The predicted molar refractivity (Wildman–Crippen MR) is 57.8 cm³/mol. The van der Waals surface area contributed by atoms with Crippen LogP contribution in [-0.2, 0) is 4.74 Å². The lowest BCUT2D eigenvalue weighted by Gasteiger charge is -2.04. The van der Waals surface area contributed by atoms with Gasteiger partial charge in [0.15, 0.2) is 0 Å². The van der Waals surface area contributed by atoms with Gasteiger partial charge in [0.2, 0.25) is 0 Å². The zero-order valence-corrected chi connectivity index (χ0v) is 8.86. The van der Waals surface area contributed by atoms with Crippen molar-refractivity contribution < 1.29 is 14.3 Å². The molecule has 0 aliphatic heterocycles. The van der Waals surface area contributed by atoms with E-state index in [4.69, 9.17) is 9.15 Å². The second-order valence-electron chi connectivity index (χ2n) is 3.61. The maximum Gasteiger partial charge on any atom is 0.137 e. The van der Waals surface area contributed by atoms with Gasteiger partial charge in [-0.15, -0.1) is 0 Å². The molecule has 0 aliphatic rings. The molecule has 1 unspecified atom stereocenters. The van der Waals surface area contributed by atoms with E-state index in [0.717, 1.165) is 16.5 Å². The van der Waals surface area contributed by atoms with Gasteiger partial charge in [-0.25, -0.2) is 0 Å². The van der Waals surface area contributed by atoms with E-state index in [1.54, 1.807) is 7.11 Å². The molecule has 0 saturated heterocycles. The highest BCUT2D eigenvalue weighted by Crippen LogP contribution is 2.26. The van der Waals surface area contributed by atoms with Crippen molar-refractivity contribution in [2.24, 2.45) is 0 Å². The summed E-state index contributed by atoms with van der Waals surface area (Å²) in [4.78, 5) is 0. The minimum atomic E-state index is -0.693. The highest BCUT2D eigenvalue weighted by Gasteiger charge is 2.13. The molecule has 1 aromatic heterocycles. The van der Waals surface area contributed by atoms with Gasteiger partial charge in [0, 0.05) is 12.5 Å². The maximum absolute atomic E-state index is 9.69. The number of hydrogen-bond acceptors (Lipinski definition) is 3. The summed E-state index contributed by atoms with van der Waals surface area (Å²) in [5.41, 5.74) is 1.91. The van der Waals surface area contributed by atoms with Crippen molar-refractivity contribution in [1.29, 1.82) is 0 Å². The first-order chi connectivity index (χ1) is 7.22. The van der Waals surface area contributed by atoms with Gasteiger partial charge < -0.3 is 14.3 Å². The molecule has 0 saturated carbocycles. The van der Waals surface area contributed by atoms with E-state index < -0.39 is 6.10 Å². The smallest absolute Gasteiger partial charge is 0.137 e. The van der Waals surface area contributed by atoms with Crippen molar-refractivity contribution in [3.63, 3.8) is 0 Å². The number of hydrogen-bond donors (Lipinski definition) is 1. The lowest BCUT2D eigenvalue weighted by molar-refractivity contribution is 0.0513. The standard InChI is InChI=1S/C12H14O3/c1-8-4-3-5-9-6-11(15-12(8)9)10(13)7-14-2/h3-6,10,13H,7H2,1-2H3. The number of fused-ring (bicyclic) bond motifs is 1. The Labute approximate surface area is 88.3 Å². The van der Waals surface area contributed by atoms with E-state index in [-0.39, 0.29) is 6.61 Å². The van der Waals surface area contributed by atoms with Crippen LogP contribution >= 0.6 is 0 Å². The second kappa shape index (κ2) is 4.04. The molecular formula is C12H14O3. The largest absolute Gasteiger partial charge is 0.458 e. The number of ether oxygens (including phenoxy) is 1. The Morgan fingerprint density at radius 3 is 2.93 bits per heavy atom. The first-order valence-corrected chi connectivity index (χ1v) is 4.88. The third kappa shape index (κ3) is 1.89. The first kappa shape index (κ1) is 10.2. The van der Waals surface area contributed by atoms with Crippen molar-refractivity contribution in [2.75, 3.05) is 13.7 Å². The van der Waals surface area contributed by atoms with Crippen LogP contribution in [0, 0.1) is 6.92 Å². The normalized spacial score (nSPS) is 13.3. The molecular weight excluding hydrogens is 192 g/mol. The minimum Gasteiger partial charge on any atom is -0.458 e. The monoisotopic (exact) mass is 206 g/mol. The van der Waals surface area contributed by atoms with Crippen molar-refractivity contribution in [3.05, 3.63) is 35.6 Å². The highest BCUT2D eigenvalue weighted by molar-refractivity contribution is 5.80. The van der Waals surface area contributed by atoms with Crippen molar-refractivity contribution in [1.82, 2.24) is 0 Å². The third-order valence-corrected chi connectivity index (χ3v) is 2.41. The summed E-state index contributed by atoms with van der Waals surface area (Å²) in [7, 11) is 1.55. The first-order valence-electron chi connectivity index (χ1n) is 4.88. The van der Waals surface area contributed by atoms with Gasteiger partial charge in [-0.05, 0) is 18.6 Å². The Morgan fingerprint density at radius 1 is 1.47 bits per heavy atom. The van der Waals surface area contributed by atoms with Gasteiger partial charge in [0.1, 0.15) is 17.4 Å². The fourth-order valence-corrected chi connectivity index (χ4v) is 1.63. The summed E-state index contributed by atoms with van der Waals surface area (Å²) in [6, 6.07) is 7.78. The Hall–Kier alpha value is -1.32. The van der Waals surface area contributed by atoms with E-state index in [1.165, 1.54) is 0 Å². The lowest BCUT2D eigenvalue weighted by Crippen LogP contribution is -2.03. The van der Waals surface area contributed by atoms with Crippen molar-refractivity contribution in [2.45, 2.75) is 13.0 Å². The molecule has 0 aliphatic carbocycles. The number of methoxy groups -OCH3 is 1. The predicted octanol–water partition coefficient (Wildman–Crippen LogP) is 2.42. The number of aliphatic hydroxyl groups excluding tert-OH is 1. The van der Waals surface area contributed by atoms with Gasteiger partial charge in [-0.1, -0.05) is 18.2 Å². The Balaban J connectivity index is 2.43. The number of aryl methyl sites for hydroxylation is 1. The minimum absolute atomic E-state index is 0.249. The quantitative estimate of drug-likeness (QED) is 0.838. The molecule has 1 aromatic carbocycles. The molecule has 2 aromatic rings. The molecule has 0 fully saturated rings. The van der Waals surface area contributed by atoms with Crippen LogP contribution in [0.25, 0.3) is 11.0 Å². The fraction of sp³-hybridized carbons (Fsp3) is 0.333. The number of aliphatic hydroxyl groups is 1. The van der Waals surface area contributed by atoms with Crippen LogP contribution < -0.4 is 0 Å². The summed E-state index contributed by atoms with van der Waals surface area (Å²) >= 11 is 0. The van der Waals surface area contributed by atoms with Gasteiger partial charge in [0.05, 0.1) is 6.61 Å². The molecule has 1 heterocycles. The van der Waals surface area contributed by atoms with Crippen LogP contribution in [0.4, 0.5) is 0 Å². The van der Waals surface area contributed by atoms with Gasteiger partial charge in [0.25, 0.3) is 0 Å². The molecule has 0 radical (unpaired) electrons. The van der Waals surface area contributed by atoms with Crippen molar-refractivity contribution in [3.8, 4) is 0 Å². The molecule has 3 heteroatoms. The summed E-state index contributed by atoms with van der Waals surface area (Å²) in [5.74, 6) is 0.557. The number of benzene rings is 1. The van der Waals surface area contributed by atoms with Crippen LogP contribution in [0.5, 0.6) is 0 Å². The van der Waals surface area contributed by atoms with E-state index in [1.807, 2.05) is 31.2 Å². The van der Waals surface area contributed by atoms with Gasteiger partial charge in [-0.2, -0.15) is 0 Å². The van der Waals surface area contributed by atoms with Crippen LogP contribution in [0.15, 0.2) is 28.7 Å². The molecule has 0 amide bonds. The average molecular weight is 206 g/mol. The Kier molecular flexibility index (Phi) is 2.75. The van der Waals surface area contributed by atoms with E-state index in [2.05, 4.69) is 0 Å².